The van der Waals surface area contributed by atoms with E-state index >= 15 is 0 Å². The van der Waals surface area contributed by atoms with Crippen molar-refractivity contribution in [2.24, 2.45) is 0 Å². The van der Waals surface area contributed by atoms with Gasteiger partial charge in [0.1, 0.15) is 0 Å². The van der Waals surface area contributed by atoms with Crippen LogP contribution in [0.2, 0.25) is 5.02 Å². The maximum absolute atomic E-state index is 12.6. The van der Waals surface area contributed by atoms with Gasteiger partial charge in [0.25, 0.3) is 5.91 Å². The number of nitrogens with zero attached hydrogens (tertiary/aromatic N) is 2. The fourth-order valence-corrected chi connectivity index (χ4v) is 4.13. The molecule has 1 saturated carbocycles. The molecular weight excluding hydrogens is 378 g/mol. The van der Waals surface area contributed by atoms with Crippen molar-refractivity contribution in [1.82, 2.24) is 14.5 Å². The summed E-state index contributed by atoms with van der Waals surface area (Å²) in [4.78, 5) is 28.5. The molecule has 3 aromatic rings. The Labute approximate surface area is 166 Å². The number of rotatable bonds is 4. The third-order valence-electron chi connectivity index (χ3n) is 5.39. The van der Waals surface area contributed by atoms with E-state index in [1.165, 1.54) is 10.8 Å². The second-order valence-corrected chi connectivity index (χ2v) is 7.83. The molecule has 2 aromatic carbocycles. The zero-order chi connectivity index (χ0) is 19.4. The number of aromatic nitrogens is 2. The normalized spacial score (nSPS) is 15.9. The predicted octanol–water partition coefficient (Wildman–Crippen LogP) is 3.37. The average molecular weight is 396 g/mol. The number of amides is 1. The summed E-state index contributed by atoms with van der Waals surface area (Å²) in [5, 5.41) is 9.87. The van der Waals surface area contributed by atoms with Gasteiger partial charge in [0, 0.05) is 12.6 Å². The van der Waals surface area contributed by atoms with Crippen LogP contribution in [0.15, 0.2) is 47.4 Å². The Morgan fingerprint density at radius 2 is 1.86 bits per heavy atom. The molecule has 1 amide bonds. The van der Waals surface area contributed by atoms with Crippen molar-refractivity contribution in [3.8, 4) is 17.0 Å². The first-order valence-electron chi connectivity index (χ1n) is 9.21. The SMILES string of the molecule is O=C1c2c(Cl)cc(-c3ccc(Cn4cc(O)[nH]c4=O)cc3)cc2CN1C1CC1. The Balaban J connectivity index is 1.42. The van der Waals surface area contributed by atoms with Crippen LogP contribution in [0.4, 0.5) is 0 Å². The van der Waals surface area contributed by atoms with Crippen LogP contribution in [-0.2, 0) is 13.1 Å². The van der Waals surface area contributed by atoms with E-state index in [1.54, 1.807) is 0 Å². The van der Waals surface area contributed by atoms with Gasteiger partial charge in [-0.2, -0.15) is 0 Å². The lowest BCUT2D eigenvalue weighted by Gasteiger charge is -2.13. The summed E-state index contributed by atoms with van der Waals surface area (Å²) in [6.07, 6.45) is 3.53. The predicted molar refractivity (Wildman–Crippen MR) is 106 cm³/mol. The summed E-state index contributed by atoms with van der Waals surface area (Å²) >= 11 is 6.46. The lowest BCUT2D eigenvalue weighted by Crippen LogP contribution is -2.25. The minimum atomic E-state index is -0.350. The third kappa shape index (κ3) is 2.90. The molecule has 1 aromatic heterocycles. The molecule has 2 heterocycles. The number of carbonyl (C=O) groups excluding carboxylic acids is 1. The molecule has 1 aliphatic carbocycles. The molecule has 7 heteroatoms. The molecule has 0 atom stereocenters. The maximum atomic E-state index is 12.6. The molecule has 6 nitrogen and oxygen atoms in total. The Hall–Kier alpha value is -2.99. The first-order valence-corrected chi connectivity index (χ1v) is 9.58. The van der Waals surface area contributed by atoms with Gasteiger partial charge in [-0.3, -0.25) is 14.3 Å². The van der Waals surface area contributed by atoms with Crippen molar-refractivity contribution in [3.63, 3.8) is 0 Å². The molecule has 1 aliphatic heterocycles. The molecule has 2 aliphatic rings. The smallest absolute Gasteiger partial charge is 0.328 e. The number of carbonyl (C=O) groups is 1. The average Bonchev–Trinajstić information content (AvgIpc) is 3.38. The Kier molecular flexibility index (Phi) is 3.84. The third-order valence-corrected chi connectivity index (χ3v) is 5.69. The van der Waals surface area contributed by atoms with Crippen LogP contribution in [0.25, 0.3) is 11.1 Å². The van der Waals surface area contributed by atoms with Crippen molar-refractivity contribution in [2.75, 3.05) is 0 Å². The molecule has 5 rings (SSSR count). The summed E-state index contributed by atoms with van der Waals surface area (Å²) in [5.74, 6) is -0.103. The number of hydrogen-bond donors (Lipinski definition) is 2. The molecule has 142 valence electrons. The number of benzene rings is 2. The van der Waals surface area contributed by atoms with E-state index in [1.807, 2.05) is 41.3 Å². The van der Waals surface area contributed by atoms with Gasteiger partial charge in [-0.05, 0) is 47.2 Å². The van der Waals surface area contributed by atoms with E-state index in [0.29, 0.717) is 29.7 Å². The Bertz CT molecular complexity index is 1140. The summed E-state index contributed by atoms with van der Waals surface area (Å²) in [6, 6.07) is 12.1. The number of nitrogens with one attached hydrogen (secondary N) is 1. The van der Waals surface area contributed by atoms with Crippen LogP contribution in [0, 0.1) is 0 Å². The van der Waals surface area contributed by atoms with Crippen molar-refractivity contribution in [1.29, 1.82) is 0 Å². The van der Waals surface area contributed by atoms with Crippen LogP contribution in [0.3, 0.4) is 0 Å². The van der Waals surface area contributed by atoms with Gasteiger partial charge in [0.2, 0.25) is 5.88 Å². The summed E-state index contributed by atoms with van der Waals surface area (Å²) in [7, 11) is 0. The van der Waals surface area contributed by atoms with E-state index < -0.39 is 0 Å². The minimum absolute atomic E-state index is 0.0459. The van der Waals surface area contributed by atoms with E-state index in [2.05, 4.69) is 4.98 Å². The number of aromatic hydroxyl groups is 1. The number of aromatic amines is 1. The second-order valence-electron chi connectivity index (χ2n) is 7.43. The number of H-pyrrole nitrogens is 1. The van der Waals surface area contributed by atoms with Gasteiger partial charge in [-0.1, -0.05) is 35.9 Å². The fourth-order valence-electron chi connectivity index (χ4n) is 3.81. The van der Waals surface area contributed by atoms with Crippen LogP contribution < -0.4 is 5.69 Å². The van der Waals surface area contributed by atoms with Crippen molar-refractivity contribution in [3.05, 3.63) is 74.8 Å². The second kappa shape index (κ2) is 6.27. The Morgan fingerprint density at radius 1 is 1.11 bits per heavy atom. The standard InChI is InChI=1S/C21H18ClN3O3/c22-17-8-14(7-15-10-25(16-5-6-16)20(27)19(15)17)13-3-1-12(2-4-13)9-24-11-18(26)23-21(24)28/h1-4,7-8,11,16,26H,5-6,9-10H2,(H,23,28). The van der Waals surface area contributed by atoms with Gasteiger partial charge < -0.3 is 10.0 Å². The van der Waals surface area contributed by atoms with Gasteiger partial charge in [0.15, 0.2) is 0 Å². The van der Waals surface area contributed by atoms with Gasteiger partial charge in [-0.25, -0.2) is 4.79 Å². The first-order chi connectivity index (χ1) is 13.5. The highest BCUT2D eigenvalue weighted by Gasteiger charge is 2.39. The first kappa shape index (κ1) is 17.1. The lowest BCUT2D eigenvalue weighted by atomic mass is 9.99. The van der Waals surface area contributed by atoms with Crippen molar-refractivity contribution in [2.45, 2.75) is 32.0 Å². The zero-order valence-corrected chi connectivity index (χ0v) is 15.7. The molecule has 0 radical (unpaired) electrons. The molecular formula is C21H18ClN3O3. The molecule has 0 bridgehead atoms. The van der Waals surface area contributed by atoms with Crippen molar-refractivity contribution < 1.29 is 9.90 Å². The van der Waals surface area contributed by atoms with E-state index in [-0.39, 0.29) is 17.5 Å². The minimum Gasteiger partial charge on any atom is -0.493 e. The summed E-state index contributed by atoms with van der Waals surface area (Å²) in [5.41, 5.74) is 4.18. The highest BCUT2D eigenvalue weighted by atomic mass is 35.5. The summed E-state index contributed by atoms with van der Waals surface area (Å²) < 4.78 is 1.41. The molecule has 2 N–H and O–H groups in total. The van der Waals surface area contributed by atoms with Crippen LogP contribution in [-0.4, -0.2) is 31.5 Å². The highest BCUT2D eigenvalue weighted by molar-refractivity contribution is 6.34. The molecule has 0 spiro atoms. The quantitative estimate of drug-likeness (QED) is 0.711. The summed E-state index contributed by atoms with van der Waals surface area (Å²) in [6.45, 7) is 0.996. The highest BCUT2D eigenvalue weighted by Crippen LogP contribution is 2.39. The van der Waals surface area contributed by atoms with Crippen LogP contribution in [0.1, 0.15) is 34.3 Å². The van der Waals surface area contributed by atoms with Gasteiger partial charge in [0.05, 0.1) is 23.3 Å². The largest absolute Gasteiger partial charge is 0.493 e. The maximum Gasteiger partial charge on any atom is 0.328 e. The number of fused-ring (bicyclic) bond motifs is 1. The number of imidazole rings is 1. The molecule has 28 heavy (non-hydrogen) atoms. The van der Waals surface area contributed by atoms with E-state index in [0.717, 1.165) is 35.1 Å². The fraction of sp³-hybridized carbons (Fsp3) is 0.238. The van der Waals surface area contributed by atoms with E-state index in [9.17, 15) is 14.7 Å². The van der Waals surface area contributed by atoms with Crippen LogP contribution in [0.5, 0.6) is 5.88 Å². The lowest BCUT2D eigenvalue weighted by molar-refractivity contribution is 0.0767. The Morgan fingerprint density at radius 3 is 2.50 bits per heavy atom. The van der Waals surface area contributed by atoms with Crippen molar-refractivity contribution >= 4 is 17.5 Å². The van der Waals surface area contributed by atoms with E-state index in [4.69, 9.17) is 11.6 Å². The number of hydrogen-bond acceptors (Lipinski definition) is 3. The molecule has 0 unspecified atom stereocenters. The van der Waals surface area contributed by atoms with Gasteiger partial charge >= 0.3 is 5.69 Å². The van der Waals surface area contributed by atoms with Crippen LogP contribution >= 0.6 is 11.6 Å². The monoisotopic (exact) mass is 395 g/mol. The zero-order valence-electron chi connectivity index (χ0n) is 15.0. The topological polar surface area (TPSA) is 78.3 Å². The molecule has 0 saturated heterocycles. The van der Waals surface area contributed by atoms with Gasteiger partial charge in [-0.15, -0.1) is 0 Å². The molecule has 1 fully saturated rings. The number of halogens is 1.